The molecule has 33 heavy (non-hydrogen) atoms. The molecule has 0 spiro atoms. The molecule has 0 aliphatic rings. The van der Waals surface area contributed by atoms with Crippen molar-refractivity contribution in [3.05, 3.63) is 92.9 Å². The van der Waals surface area contributed by atoms with Crippen LogP contribution in [-0.4, -0.2) is 35.3 Å². The van der Waals surface area contributed by atoms with Crippen LogP contribution in [-0.2, 0) is 17.3 Å². The molecule has 172 valence electrons. The molecule has 3 aromatic rings. The summed E-state index contributed by atoms with van der Waals surface area (Å²) in [5.74, 6) is -1.27. The van der Waals surface area contributed by atoms with Gasteiger partial charge in [0.25, 0.3) is 5.91 Å². The number of alkyl halides is 3. The van der Waals surface area contributed by atoms with Crippen molar-refractivity contribution < 1.29 is 27.5 Å². The molecule has 1 aromatic heterocycles. The number of para-hydroxylation sites is 1. The predicted molar refractivity (Wildman–Crippen MR) is 113 cm³/mol. The lowest BCUT2D eigenvalue weighted by molar-refractivity contribution is -0.137. The van der Waals surface area contributed by atoms with Crippen LogP contribution in [0.15, 0.2) is 59.4 Å². The van der Waals surface area contributed by atoms with Gasteiger partial charge in [0.15, 0.2) is 5.69 Å². The molecule has 0 atom stereocenters. The van der Waals surface area contributed by atoms with Crippen molar-refractivity contribution in [3.8, 4) is 5.69 Å². The minimum Gasteiger partial charge on any atom is -0.465 e. The molecular weight excluding hydrogens is 439 g/mol. The molecule has 10 heteroatoms. The molecule has 1 amide bonds. The Bertz CT molecular complexity index is 1230. The lowest BCUT2D eigenvalue weighted by atomic mass is 10.1. The van der Waals surface area contributed by atoms with Gasteiger partial charge in [-0.15, -0.1) is 0 Å². The number of hydrogen-bond acceptors (Lipinski definition) is 5. The number of nitrogens with one attached hydrogen (secondary N) is 1. The first kappa shape index (κ1) is 23.7. The maximum absolute atomic E-state index is 13.4. The van der Waals surface area contributed by atoms with E-state index in [9.17, 15) is 27.6 Å². The molecule has 7 nitrogen and oxygen atoms in total. The fourth-order valence-electron chi connectivity index (χ4n) is 3.18. The maximum Gasteiger partial charge on any atom is 0.418 e. The van der Waals surface area contributed by atoms with Crippen LogP contribution >= 0.6 is 0 Å². The van der Waals surface area contributed by atoms with Gasteiger partial charge in [0, 0.05) is 18.3 Å². The zero-order valence-electron chi connectivity index (χ0n) is 17.8. The van der Waals surface area contributed by atoms with Crippen molar-refractivity contribution in [2.75, 3.05) is 13.7 Å². The van der Waals surface area contributed by atoms with Crippen LogP contribution in [0.1, 0.15) is 37.7 Å². The van der Waals surface area contributed by atoms with E-state index in [2.05, 4.69) is 15.2 Å². The van der Waals surface area contributed by atoms with E-state index in [4.69, 9.17) is 0 Å². The maximum atomic E-state index is 13.4. The lowest BCUT2D eigenvalue weighted by Gasteiger charge is -2.16. The summed E-state index contributed by atoms with van der Waals surface area (Å²) in [6.45, 7) is 1.58. The first-order valence-electron chi connectivity index (χ1n) is 9.85. The van der Waals surface area contributed by atoms with Gasteiger partial charge >= 0.3 is 12.1 Å². The Morgan fingerprint density at radius 3 is 2.39 bits per heavy atom. The Labute approximate surface area is 186 Å². The van der Waals surface area contributed by atoms with Gasteiger partial charge in [-0.3, -0.25) is 9.59 Å². The molecule has 0 bridgehead atoms. The SMILES string of the molecule is COC(=O)c1ccc(CCNC(=O)c2nn(-c3ccccc3C(F)(F)F)c(C)cc2=O)cc1. The number of aromatic nitrogens is 2. The summed E-state index contributed by atoms with van der Waals surface area (Å²) >= 11 is 0. The van der Waals surface area contributed by atoms with Crippen LogP contribution in [0.3, 0.4) is 0 Å². The van der Waals surface area contributed by atoms with Gasteiger partial charge in [0.05, 0.1) is 23.9 Å². The summed E-state index contributed by atoms with van der Waals surface area (Å²) < 4.78 is 45.8. The molecule has 0 aliphatic carbocycles. The molecule has 3 rings (SSSR count). The van der Waals surface area contributed by atoms with Gasteiger partial charge in [-0.1, -0.05) is 24.3 Å². The lowest BCUT2D eigenvalue weighted by Crippen LogP contribution is -2.33. The van der Waals surface area contributed by atoms with Crippen LogP contribution in [0, 0.1) is 6.92 Å². The number of carbonyl (C=O) groups is 2. The average Bonchev–Trinajstić information content (AvgIpc) is 2.78. The first-order chi connectivity index (χ1) is 15.6. The number of methoxy groups -OCH3 is 1. The molecule has 0 saturated carbocycles. The van der Waals surface area contributed by atoms with E-state index in [0.717, 1.165) is 22.4 Å². The van der Waals surface area contributed by atoms with Gasteiger partial charge in [0.2, 0.25) is 5.43 Å². The Hall–Kier alpha value is -3.95. The average molecular weight is 459 g/mol. The third kappa shape index (κ3) is 5.46. The van der Waals surface area contributed by atoms with Crippen LogP contribution in [0.2, 0.25) is 0 Å². The second-order valence-electron chi connectivity index (χ2n) is 7.12. The van der Waals surface area contributed by atoms with Crippen LogP contribution in [0.4, 0.5) is 13.2 Å². The van der Waals surface area contributed by atoms with E-state index < -0.39 is 34.7 Å². The summed E-state index contributed by atoms with van der Waals surface area (Å²) in [4.78, 5) is 36.3. The normalized spacial score (nSPS) is 11.2. The van der Waals surface area contributed by atoms with Crippen molar-refractivity contribution in [2.24, 2.45) is 0 Å². The quantitative estimate of drug-likeness (QED) is 0.572. The van der Waals surface area contributed by atoms with Crippen molar-refractivity contribution in [2.45, 2.75) is 19.5 Å². The molecule has 0 unspecified atom stereocenters. The van der Waals surface area contributed by atoms with Crippen LogP contribution in [0.5, 0.6) is 0 Å². The zero-order valence-corrected chi connectivity index (χ0v) is 17.8. The molecule has 2 aromatic carbocycles. The second kappa shape index (κ2) is 9.68. The largest absolute Gasteiger partial charge is 0.465 e. The molecule has 0 fully saturated rings. The number of nitrogens with zero attached hydrogens (tertiary/aromatic N) is 2. The highest BCUT2D eigenvalue weighted by molar-refractivity contribution is 5.92. The Morgan fingerprint density at radius 2 is 1.76 bits per heavy atom. The Morgan fingerprint density at radius 1 is 1.09 bits per heavy atom. The Kier molecular flexibility index (Phi) is 6.95. The summed E-state index contributed by atoms with van der Waals surface area (Å²) in [7, 11) is 1.28. The number of benzene rings is 2. The van der Waals surface area contributed by atoms with Gasteiger partial charge in [0.1, 0.15) is 0 Å². The fourth-order valence-corrected chi connectivity index (χ4v) is 3.18. The number of aryl methyl sites for hydroxylation is 1. The standard InChI is InChI=1S/C23H20F3N3O4/c1-14-13-19(30)20(28-29(14)18-6-4-3-5-17(18)23(24,25)26)21(31)27-12-11-15-7-9-16(10-8-15)22(32)33-2/h3-10,13H,11-12H2,1-2H3,(H,27,31). The van der Waals surface area contributed by atoms with E-state index in [-0.39, 0.29) is 17.9 Å². The minimum absolute atomic E-state index is 0.143. The van der Waals surface area contributed by atoms with Crippen molar-refractivity contribution >= 4 is 11.9 Å². The molecule has 0 radical (unpaired) electrons. The summed E-state index contributed by atoms with van der Waals surface area (Å²) in [5, 5.41) is 6.47. The number of halogens is 3. The van der Waals surface area contributed by atoms with Crippen molar-refractivity contribution in [1.82, 2.24) is 15.1 Å². The topological polar surface area (TPSA) is 90.3 Å². The fraction of sp³-hybridized carbons (Fsp3) is 0.217. The molecule has 0 saturated heterocycles. The van der Waals surface area contributed by atoms with E-state index in [1.165, 1.54) is 32.2 Å². The monoisotopic (exact) mass is 459 g/mol. The molecule has 0 aliphatic heterocycles. The minimum atomic E-state index is -4.64. The first-order valence-corrected chi connectivity index (χ1v) is 9.85. The molecule has 1 N–H and O–H groups in total. The van der Waals surface area contributed by atoms with Crippen molar-refractivity contribution in [3.63, 3.8) is 0 Å². The number of amides is 1. The number of rotatable bonds is 6. The van der Waals surface area contributed by atoms with Crippen LogP contribution in [0.25, 0.3) is 5.69 Å². The molecule has 1 heterocycles. The van der Waals surface area contributed by atoms with Crippen LogP contribution < -0.4 is 10.7 Å². The van der Waals surface area contributed by atoms with Gasteiger partial charge < -0.3 is 10.1 Å². The zero-order chi connectivity index (χ0) is 24.2. The number of carbonyl (C=O) groups excluding carboxylic acids is 2. The number of hydrogen-bond donors (Lipinski definition) is 1. The summed E-state index contributed by atoms with van der Waals surface area (Å²) in [6.07, 6.45) is -4.25. The van der Waals surface area contributed by atoms with Gasteiger partial charge in [-0.05, 0) is 43.2 Å². The number of esters is 1. The third-order valence-corrected chi connectivity index (χ3v) is 4.83. The smallest absolute Gasteiger partial charge is 0.418 e. The predicted octanol–water partition coefficient (Wildman–Crippen LogP) is 3.32. The highest BCUT2D eigenvalue weighted by atomic mass is 19.4. The molecular formula is C23H20F3N3O4. The third-order valence-electron chi connectivity index (χ3n) is 4.83. The number of ether oxygens (including phenoxy) is 1. The Balaban J connectivity index is 1.78. The van der Waals surface area contributed by atoms with Crippen molar-refractivity contribution in [1.29, 1.82) is 0 Å². The highest BCUT2D eigenvalue weighted by Gasteiger charge is 2.34. The highest BCUT2D eigenvalue weighted by Crippen LogP contribution is 2.33. The van der Waals surface area contributed by atoms with Gasteiger partial charge in [-0.2, -0.15) is 18.3 Å². The van der Waals surface area contributed by atoms with E-state index in [1.807, 2.05) is 0 Å². The van der Waals surface area contributed by atoms with E-state index in [1.54, 1.807) is 24.3 Å². The van der Waals surface area contributed by atoms with E-state index in [0.29, 0.717) is 12.0 Å². The van der Waals surface area contributed by atoms with E-state index >= 15 is 0 Å². The second-order valence-corrected chi connectivity index (χ2v) is 7.12. The van der Waals surface area contributed by atoms with Gasteiger partial charge in [-0.25, -0.2) is 9.48 Å². The summed E-state index contributed by atoms with van der Waals surface area (Å²) in [6, 6.07) is 12.4. The summed E-state index contributed by atoms with van der Waals surface area (Å²) in [5.41, 5.74) is -1.09.